The van der Waals surface area contributed by atoms with E-state index in [0.29, 0.717) is 17.3 Å². The lowest BCUT2D eigenvalue weighted by Crippen LogP contribution is -2.62. The molecule has 7 nitrogen and oxygen atoms in total. The predicted molar refractivity (Wildman–Crippen MR) is 130 cm³/mol. The molecule has 0 radical (unpaired) electrons. The summed E-state index contributed by atoms with van der Waals surface area (Å²) in [5.41, 5.74) is 3.26. The molecule has 3 aromatic rings. The zero-order valence-electron chi connectivity index (χ0n) is 18.7. The molecule has 1 aromatic carbocycles. The average molecular weight is 487 g/mol. The van der Waals surface area contributed by atoms with Crippen LogP contribution in [-0.4, -0.2) is 49.4 Å². The smallest absolute Gasteiger partial charge is 0.147 e. The number of halogens is 1. The number of nitrogens with zero attached hydrogens (tertiary/aromatic N) is 4. The molecule has 0 unspecified atom stereocenters. The average Bonchev–Trinajstić information content (AvgIpc) is 3.20. The maximum Gasteiger partial charge on any atom is 0.147 e. The highest BCUT2D eigenvalue weighted by Crippen LogP contribution is 2.34. The molecular weight excluding hydrogens is 456 g/mol. The Morgan fingerprint density at radius 3 is 2.26 bits per heavy atom. The third-order valence-electron chi connectivity index (χ3n) is 5.82. The fraction of sp³-hybridized carbons (Fsp3) is 0.435. The van der Waals surface area contributed by atoms with E-state index in [0.717, 1.165) is 29.8 Å². The van der Waals surface area contributed by atoms with E-state index in [1.807, 2.05) is 12.1 Å². The fourth-order valence-electron chi connectivity index (χ4n) is 4.71. The molecule has 0 amide bonds. The summed E-state index contributed by atoms with van der Waals surface area (Å²) in [5.74, 6) is 1.01. The van der Waals surface area contributed by atoms with Gasteiger partial charge in [0.25, 0.3) is 0 Å². The van der Waals surface area contributed by atoms with E-state index in [1.165, 1.54) is 0 Å². The molecule has 2 aromatic heterocycles. The normalized spacial score (nSPS) is 17.7. The topological polar surface area (TPSA) is 90.0 Å². The van der Waals surface area contributed by atoms with Crippen molar-refractivity contribution in [1.29, 1.82) is 0 Å². The van der Waals surface area contributed by atoms with Gasteiger partial charge in [-0.3, -0.25) is 10.1 Å². The van der Waals surface area contributed by atoms with Crippen molar-refractivity contribution in [3.63, 3.8) is 0 Å². The Balaban J connectivity index is 0.00000272. The van der Waals surface area contributed by atoms with Crippen molar-refractivity contribution in [2.45, 2.75) is 57.7 Å². The van der Waals surface area contributed by atoms with Crippen LogP contribution < -0.4 is 10.2 Å². The van der Waals surface area contributed by atoms with Crippen LogP contribution in [0.15, 0.2) is 43.0 Å². The van der Waals surface area contributed by atoms with Crippen molar-refractivity contribution in [2.24, 2.45) is 0 Å². The van der Waals surface area contributed by atoms with E-state index >= 15 is 0 Å². The number of hydrogen-bond donors (Lipinski definition) is 3. The molecule has 0 atom stereocenters. The van der Waals surface area contributed by atoms with Crippen LogP contribution in [-0.2, 0) is 0 Å². The van der Waals surface area contributed by atoms with E-state index in [-0.39, 0.29) is 33.8 Å². The number of piperidine rings is 1. The van der Waals surface area contributed by atoms with Gasteiger partial charge in [0.2, 0.25) is 0 Å². The number of phenolic OH excluding ortho intramolecular Hbond substituents is 1. The van der Waals surface area contributed by atoms with E-state index in [2.05, 4.69) is 65.1 Å². The Morgan fingerprint density at radius 2 is 1.71 bits per heavy atom. The lowest BCUT2D eigenvalue weighted by atomic mass is 9.79. The summed E-state index contributed by atoms with van der Waals surface area (Å²) in [6.07, 6.45) is 9.11. The number of aromatic hydroxyl groups is 1. The van der Waals surface area contributed by atoms with Crippen LogP contribution in [0.25, 0.3) is 22.4 Å². The van der Waals surface area contributed by atoms with Crippen molar-refractivity contribution in [3.8, 4) is 28.1 Å². The molecule has 4 rings (SSSR count). The summed E-state index contributed by atoms with van der Waals surface area (Å²) in [6, 6.07) is 5.91. The Kier molecular flexibility index (Phi) is 6.43. The molecule has 1 saturated heterocycles. The molecule has 1 aliphatic heterocycles. The number of hydrogen-bond acceptors (Lipinski definition) is 6. The number of rotatable bonds is 4. The molecule has 3 N–H and O–H groups in total. The minimum absolute atomic E-state index is 0. The van der Waals surface area contributed by atoms with Crippen LogP contribution in [0.3, 0.4) is 0 Å². The first-order chi connectivity index (χ1) is 14.1. The summed E-state index contributed by atoms with van der Waals surface area (Å²) in [7, 11) is 2.09. The van der Waals surface area contributed by atoms with Crippen LogP contribution in [0.2, 0.25) is 0 Å². The number of H-pyrrole nitrogens is 1. The molecule has 0 aliphatic carbocycles. The fourth-order valence-corrected chi connectivity index (χ4v) is 4.71. The zero-order valence-corrected chi connectivity index (χ0v) is 20.4. The van der Waals surface area contributed by atoms with Gasteiger partial charge in [0.05, 0.1) is 24.3 Å². The van der Waals surface area contributed by atoms with E-state index in [9.17, 15) is 5.11 Å². The van der Waals surface area contributed by atoms with Gasteiger partial charge in [-0.2, -0.15) is 5.10 Å². The van der Waals surface area contributed by atoms with Gasteiger partial charge in [0.15, 0.2) is 0 Å². The number of aromatic nitrogens is 4. The quantitative estimate of drug-likeness (QED) is 0.500. The van der Waals surface area contributed by atoms with Crippen LogP contribution in [0.4, 0.5) is 5.82 Å². The van der Waals surface area contributed by atoms with Crippen LogP contribution in [0, 0.1) is 0 Å². The summed E-state index contributed by atoms with van der Waals surface area (Å²) < 4.78 is 0. The lowest BCUT2D eigenvalue weighted by molar-refractivity contribution is 0.160. The molecular formula is C23H31BrN6O. The first kappa shape index (κ1) is 23.2. The van der Waals surface area contributed by atoms with Crippen molar-refractivity contribution in [2.75, 3.05) is 11.9 Å². The molecule has 0 bridgehead atoms. The van der Waals surface area contributed by atoms with Gasteiger partial charge in [0, 0.05) is 41.5 Å². The van der Waals surface area contributed by atoms with Gasteiger partial charge in [-0.15, -0.1) is 17.0 Å². The second-order valence-corrected chi connectivity index (χ2v) is 9.54. The van der Waals surface area contributed by atoms with Crippen molar-refractivity contribution >= 4 is 22.8 Å². The minimum Gasteiger partial charge on any atom is -0.507 e. The highest BCUT2D eigenvalue weighted by molar-refractivity contribution is 8.93. The molecule has 0 saturated carbocycles. The number of phenols is 1. The van der Waals surface area contributed by atoms with Gasteiger partial charge in [0.1, 0.15) is 11.6 Å². The largest absolute Gasteiger partial charge is 0.507 e. The molecule has 1 aliphatic rings. The summed E-state index contributed by atoms with van der Waals surface area (Å²) in [4.78, 5) is 11.5. The number of aromatic amines is 1. The minimum atomic E-state index is 0. The highest BCUT2D eigenvalue weighted by atomic mass is 79.9. The zero-order chi connectivity index (χ0) is 21.5. The summed E-state index contributed by atoms with van der Waals surface area (Å²) in [5, 5.41) is 21.0. The number of benzene rings is 1. The van der Waals surface area contributed by atoms with E-state index < -0.39 is 0 Å². The molecule has 8 heteroatoms. The lowest BCUT2D eigenvalue weighted by Gasteiger charge is -2.49. The Bertz CT molecular complexity index is 1000. The second-order valence-electron chi connectivity index (χ2n) is 9.54. The van der Waals surface area contributed by atoms with Crippen molar-refractivity contribution < 1.29 is 5.11 Å². The van der Waals surface area contributed by atoms with Gasteiger partial charge in [-0.05, 0) is 58.2 Å². The highest BCUT2D eigenvalue weighted by Gasteiger charge is 2.39. The maximum atomic E-state index is 10.5. The number of nitrogens with one attached hydrogen (secondary N) is 2. The monoisotopic (exact) mass is 486 g/mol. The van der Waals surface area contributed by atoms with Gasteiger partial charge in [-0.25, -0.2) is 4.98 Å². The van der Waals surface area contributed by atoms with Crippen LogP contribution in [0.1, 0.15) is 40.5 Å². The Hall–Kier alpha value is -2.45. The molecule has 3 heterocycles. The second kappa shape index (κ2) is 8.59. The van der Waals surface area contributed by atoms with Crippen LogP contribution in [0.5, 0.6) is 5.75 Å². The molecule has 1 fully saturated rings. The third-order valence-corrected chi connectivity index (χ3v) is 5.82. The summed E-state index contributed by atoms with van der Waals surface area (Å²) >= 11 is 0. The van der Waals surface area contributed by atoms with Gasteiger partial charge >= 0.3 is 0 Å². The third kappa shape index (κ3) is 5.07. The first-order valence-electron chi connectivity index (χ1n) is 10.3. The molecule has 0 spiro atoms. The van der Waals surface area contributed by atoms with E-state index in [1.54, 1.807) is 30.9 Å². The predicted octanol–water partition coefficient (Wildman–Crippen LogP) is 4.56. The summed E-state index contributed by atoms with van der Waals surface area (Å²) in [6.45, 7) is 9.00. The standard InChI is InChI=1S/C23H30N6O.BrH/c1-22(2)9-17(10-23(3,4)28-22)29(5)21-14-24-19(13-25-21)18-7-6-15(8-20(18)30)16-11-26-27-12-16;/h6-8,11-14,17,28,30H,9-10H2,1-5H3,(H,26,27);1H. The Labute approximate surface area is 194 Å². The van der Waals surface area contributed by atoms with Crippen molar-refractivity contribution in [1.82, 2.24) is 25.5 Å². The van der Waals surface area contributed by atoms with Crippen molar-refractivity contribution in [3.05, 3.63) is 43.0 Å². The number of anilines is 1. The van der Waals surface area contributed by atoms with E-state index in [4.69, 9.17) is 0 Å². The molecule has 166 valence electrons. The van der Waals surface area contributed by atoms with Gasteiger partial charge in [-0.1, -0.05) is 6.07 Å². The SMILES string of the molecule is Br.CN(c1cnc(-c2ccc(-c3cn[nH]c3)cc2O)cn1)C1CC(C)(C)NC(C)(C)C1. The Morgan fingerprint density at radius 1 is 1.00 bits per heavy atom. The first-order valence-corrected chi connectivity index (χ1v) is 10.3. The molecule has 31 heavy (non-hydrogen) atoms. The van der Waals surface area contributed by atoms with Crippen LogP contribution >= 0.6 is 17.0 Å². The van der Waals surface area contributed by atoms with Gasteiger partial charge < -0.3 is 15.3 Å². The maximum absolute atomic E-state index is 10.5.